The minimum absolute atomic E-state index is 0.294. The van der Waals surface area contributed by atoms with Gasteiger partial charge in [-0.05, 0) is 12.1 Å². The summed E-state index contributed by atoms with van der Waals surface area (Å²) in [5.41, 5.74) is 6.31. The van der Waals surface area contributed by atoms with Gasteiger partial charge in [0.2, 0.25) is 0 Å². The zero-order chi connectivity index (χ0) is 13.8. The molecule has 6 nitrogen and oxygen atoms in total. The van der Waals surface area contributed by atoms with Gasteiger partial charge in [0, 0.05) is 18.7 Å². The first-order valence-electron chi connectivity index (χ1n) is 5.54. The summed E-state index contributed by atoms with van der Waals surface area (Å²) in [6, 6.07) is 5.29. The van der Waals surface area contributed by atoms with Gasteiger partial charge in [-0.25, -0.2) is 4.98 Å². The fraction of sp³-hybridized carbons (Fsp3) is 0.250. The molecule has 1 aromatic carbocycles. The molecule has 0 atom stereocenters. The van der Waals surface area contributed by atoms with Crippen LogP contribution in [0.3, 0.4) is 0 Å². The number of hydrogen-bond acceptors (Lipinski definition) is 5. The van der Waals surface area contributed by atoms with E-state index in [0.717, 1.165) is 5.82 Å². The summed E-state index contributed by atoms with van der Waals surface area (Å²) < 4.78 is 12.5. The van der Waals surface area contributed by atoms with Crippen LogP contribution < -0.4 is 15.2 Å². The summed E-state index contributed by atoms with van der Waals surface area (Å²) in [6.07, 6.45) is 1.48. The van der Waals surface area contributed by atoms with E-state index in [1.165, 1.54) is 6.33 Å². The van der Waals surface area contributed by atoms with Crippen LogP contribution in [0.2, 0.25) is 0 Å². The molecule has 0 aliphatic heterocycles. The zero-order valence-electron chi connectivity index (χ0n) is 10.7. The van der Waals surface area contributed by atoms with Crippen molar-refractivity contribution in [2.75, 3.05) is 7.11 Å². The predicted octanol–water partition coefficient (Wildman–Crippen LogP) is 1.04. The second kappa shape index (κ2) is 5.66. The third-order valence-corrected chi connectivity index (χ3v) is 2.81. The third kappa shape index (κ3) is 3.19. The Bertz CT molecular complexity index is 597. The SMILES string of the molecule is COc1cc(OCc2ncnn2C)cc(C(N)=S)c1. The van der Waals surface area contributed by atoms with Crippen molar-refractivity contribution in [3.05, 3.63) is 35.9 Å². The van der Waals surface area contributed by atoms with Crippen LogP contribution in [0.1, 0.15) is 11.4 Å². The highest BCUT2D eigenvalue weighted by Crippen LogP contribution is 2.23. The van der Waals surface area contributed by atoms with Crippen molar-refractivity contribution >= 4 is 17.2 Å². The summed E-state index contributed by atoms with van der Waals surface area (Å²) in [4.78, 5) is 4.37. The van der Waals surface area contributed by atoms with Crippen LogP contribution in [0.5, 0.6) is 11.5 Å². The number of aromatic nitrogens is 3. The molecule has 0 unspecified atom stereocenters. The number of hydrogen-bond donors (Lipinski definition) is 1. The number of nitrogens with zero attached hydrogens (tertiary/aromatic N) is 3. The van der Waals surface area contributed by atoms with Gasteiger partial charge in [0.05, 0.1) is 7.11 Å². The first-order chi connectivity index (χ1) is 9.10. The fourth-order valence-corrected chi connectivity index (χ4v) is 1.63. The summed E-state index contributed by atoms with van der Waals surface area (Å²) >= 11 is 4.95. The van der Waals surface area contributed by atoms with Crippen LogP contribution in [0.25, 0.3) is 0 Å². The smallest absolute Gasteiger partial charge is 0.164 e. The molecule has 7 heteroatoms. The van der Waals surface area contributed by atoms with E-state index < -0.39 is 0 Å². The van der Waals surface area contributed by atoms with Crippen LogP contribution in [0.4, 0.5) is 0 Å². The molecule has 0 saturated carbocycles. The van der Waals surface area contributed by atoms with E-state index in [9.17, 15) is 0 Å². The molecular weight excluding hydrogens is 264 g/mol. The topological polar surface area (TPSA) is 75.2 Å². The normalized spacial score (nSPS) is 10.2. The zero-order valence-corrected chi connectivity index (χ0v) is 11.5. The number of benzene rings is 1. The van der Waals surface area contributed by atoms with Crippen molar-refractivity contribution in [1.82, 2.24) is 14.8 Å². The van der Waals surface area contributed by atoms with Crippen molar-refractivity contribution in [3.8, 4) is 11.5 Å². The summed E-state index contributed by atoms with van der Waals surface area (Å²) in [6.45, 7) is 0.306. The van der Waals surface area contributed by atoms with Crippen LogP contribution >= 0.6 is 12.2 Å². The van der Waals surface area contributed by atoms with E-state index in [4.69, 9.17) is 27.4 Å². The van der Waals surface area contributed by atoms with Gasteiger partial charge in [0.15, 0.2) is 5.82 Å². The molecule has 0 saturated heterocycles. The van der Waals surface area contributed by atoms with E-state index in [1.807, 2.05) is 0 Å². The number of aryl methyl sites for hydroxylation is 1. The Hall–Kier alpha value is -2.15. The van der Waals surface area contributed by atoms with E-state index in [1.54, 1.807) is 37.0 Å². The Morgan fingerprint density at radius 2 is 2.11 bits per heavy atom. The Kier molecular flexibility index (Phi) is 3.96. The molecule has 0 radical (unpaired) electrons. The molecule has 0 aliphatic carbocycles. The lowest BCUT2D eigenvalue weighted by Crippen LogP contribution is -2.10. The lowest BCUT2D eigenvalue weighted by atomic mass is 10.2. The molecule has 1 aromatic heterocycles. The van der Waals surface area contributed by atoms with Gasteiger partial charge in [-0.3, -0.25) is 4.68 Å². The Labute approximate surface area is 116 Å². The number of ether oxygens (including phenoxy) is 2. The monoisotopic (exact) mass is 278 g/mol. The summed E-state index contributed by atoms with van der Waals surface area (Å²) in [5, 5.41) is 3.97. The maximum atomic E-state index is 5.65. The van der Waals surface area contributed by atoms with Gasteiger partial charge in [-0.2, -0.15) is 5.10 Å². The van der Waals surface area contributed by atoms with E-state index in [0.29, 0.717) is 28.7 Å². The lowest BCUT2D eigenvalue weighted by molar-refractivity contribution is 0.287. The summed E-state index contributed by atoms with van der Waals surface area (Å²) in [7, 11) is 3.38. The van der Waals surface area contributed by atoms with Crippen LogP contribution in [-0.4, -0.2) is 26.9 Å². The predicted molar refractivity (Wildman–Crippen MR) is 74.2 cm³/mol. The number of methoxy groups -OCH3 is 1. The van der Waals surface area contributed by atoms with E-state index in [2.05, 4.69) is 10.1 Å². The van der Waals surface area contributed by atoms with Crippen LogP contribution in [0, 0.1) is 0 Å². The second-order valence-corrected chi connectivity index (χ2v) is 4.29. The number of rotatable bonds is 5. The second-order valence-electron chi connectivity index (χ2n) is 3.85. The van der Waals surface area contributed by atoms with Gasteiger partial charge >= 0.3 is 0 Å². The van der Waals surface area contributed by atoms with Gasteiger partial charge in [0.25, 0.3) is 0 Å². The average Bonchev–Trinajstić information content (AvgIpc) is 2.81. The quantitative estimate of drug-likeness (QED) is 0.824. The molecule has 0 spiro atoms. The first kappa shape index (κ1) is 13.3. The molecule has 100 valence electrons. The molecule has 0 bridgehead atoms. The maximum Gasteiger partial charge on any atom is 0.164 e. The minimum atomic E-state index is 0.294. The number of nitrogens with two attached hydrogens (primary N) is 1. The van der Waals surface area contributed by atoms with Gasteiger partial charge in [-0.1, -0.05) is 12.2 Å². The fourth-order valence-electron chi connectivity index (χ4n) is 1.51. The van der Waals surface area contributed by atoms with Gasteiger partial charge in [0.1, 0.15) is 29.4 Å². The van der Waals surface area contributed by atoms with E-state index in [-0.39, 0.29) is 0 Å². The Morgan fingerprint density at radius 1 is 1.37 bits per heavy atom. The molecule has 19 heavy (non-hydrogen) atoms. The van der Waals surface area contributed by atoms with Crippen molar-refractivity contribution in [2.24, 2.45) is 12.8 Å². The molecule has 2 N–H and O–H groups in total. The van der Waals surface area contributed by atoms with E-state index >= 15 is 0 Å². The molecule has 0 fully saturated rings. The summed E-state index contributed by atoms with van der Waals surface area (Å²) in [5.74, 6) is 1.98. The van der Waals surface area contributed by atoms with Gasteiger partial charge in [-0.15, -0.1) is 0 Å². The highest BCUT2D eigenvalue weighted by Gasteiger charge is 2.06. The van der Waals surface area contributed by atoms with Crippen molar-refractivity contribution in [1.29, 1.82) is 0 Å². The average molecular weight is 278 g/mol. The van der Waals surface area contributed by atoms with Crippen molar-refractivity contribution in [2.45, 2.75) is 6.61 Å². The molecule has 0 aliphatic rings. The minimum Gasteiger partial charge on any atom is -0.497 e. The first-order valence-corrected chi connectivity index (χ1v) is 5.95. The molecule has 2 rings (SSSR count). The highest BCUT2D eigenvalue weighted by atomic mass is 32.1. The molecule has 0 amide bonds. The van der Waals surface area contributed by atoms with Gasteiger partial charge < -0.3 is 15.2 Å². The van der Waals surface area contributed by atoms with Crippen LogP contribution in [0.15, 0.2) is 24.5 Å². The molecule has 1 heterocycles. The largest absolute Gasteiger partial charge is 0.497 e. The van der Waals surface area contributed by atoms with Crippen molar-refractivity contribution < 1.29 is 9.47 Å². The maximum absolute atomic E-state index is 5.65. The Morgan fingerprint density at radius 3 is 2.68 bits per heavy atom. The highest BCUT2D eigenvalue weighted by molar-refractivity contribution is 7.80. The lowest BCUT2D eigenvalue weighted by Gasteiger charge is -2.09. The van der Waals surface area contributed by atoms with Crippen LogP contribution in [-0.2, 0) is 13.7 Å². The molecular formula is C12H14N4O2S. The van der Waals surface area contributed by atoms with Crippen molar-refractivity contribution in [3.63, 3.8) is 0 Å². The third-order valence-electron chi connectivity index (χ3n) is 2.57. The molecule has 2 aromatic rings. The standard InChI is InChI=1S/C12H14N4O2S/c1-16-11(14-7-15-16)6-18-10-4-8(12(13)19)3-9(5-10)17-2/h3-5,7H,6H2,1-2H3,(H2,13,19). The Balaban J connectivity index is 2.17. The number of thiocarbonyl (C=S) groups is 1.